The molecule has 0 spiro atoms. The number of pyridine rings is 1. The number of hydrogen-bond acceptors (Lipinski definition) is 6. The molecule has 0 atom stereocenters. The minimum atomic E-state index is -0.555. The first-order valence-electron chi connectivity index (χ1n) is 7.90. The standard InChI is InChI=1S/C20H17N3O4/c1-3-8-23-19(24)16(13-21)11-14-4-5-17(18(12-14)26-2)27-20(25)15-6-9-22-10-7-15/h3-7,9-12H,1,8H2,2H3,(H,23,24)/b16-11+. The van der Waals surface area contributed by atoms with Gasteiger partial charge in [-0.25, -0.2) is 4.79 Å². The zero-order valence-electron chi connectivity index (χ0n) is 14.6. The molecular formula is C20H17N3O4. The molecule has 27 heavy (non-hydrogen) atoms. The van der Waals surface area contributed by atoms with Gasteiger partial charge in [0, 0.05) is 18.9 Å². The molecule has 0 saturated heterocycles. The summed E-state index contributed by atoms with van der Waals surface area (Å²) in [6, 6.07) is 9.61. The van der Waals surface area contributed by atoms with Crippen LogP contribution in [-0.4, -0.2) is 30.5 Å². The maximum absolute atomic E-state index is 12.2. The number of ether oxygens (including phenoxy) is 2. The van der Waals surface area contributed by atoms with Crippen molar-refractivity contribution in [2.45, 2.75) is 0 Å². The van der Waals surface area contributed by atoms with E-state index in [1.807, 2.05) is 6.07 Å². The van der Waals surface area contributed by atoms with Crippen molar-refractivity contribution >= 4 is 18.0 Å². The predicted octanol–water partition coefficient (Wildman–Crippen LogP) is 2.52. The number of benzene rings is 1. The number of carbonyl (C=O) groups excluding carboxylic acids is 2. The van der Waals surface area contributed by atoms with Gasteiger partial charge in [0.1, 0.15) is 11.6 Å². The van der Waals surface area contributed by atoms with Gasteiger partial charge in [-0.15, -0.1) is 6.58 Å². The van der Waals surface area contributed by atoms with E-state index in [-0.39, 0.29) is 23.6 Å². The van der Waals surface area contributed by atoms with Gasteiger partial charge in [0.25, 0.3) is 5.91 Å². The van der Waals surface area contributed by atoms with E-state index in [1.165, 1.54) is 49.9 Å². The van der Waals surface area contributed by atoms with E-state index in [4.69, 9.17) is 9.47 Å². The summed E-state index contributed by atoms with van der Waals surface area (Å²) in [5.41, 5.74) is 0.822. The van der Waals surface area contributed by atoms with Gasteiger partial charge in [0.15, 0.2) is 11.5 Å². The number of nitrogens with zero attached hydrogens (tertiary/aromatic N) is 2. The minimum Gasteiger partial charge on any atom is -0.493 e. The summed E-state index contributed by atoms with van der Waals surface area (Å²) in [6.07, 6.45) is 5.91. The molecule has 0 fully saturated rings. The third-order valence-corrected chi connectivity index (χ3v) is 3.39. The first kappa shape index (κ1) is 19.4. The van der Waals surface area contributed by atoms with Gasteiger partial charge in [-0.2, -0.15) is 5.26 Å². The Morgan fingerprint density at radius 2 is 2.00 bits per heavy atom. The normalized spacial score (nSPS) is 10.4. The van der Waals surface area contributed by atoms with Crippen molar-refractivity contribution in [3.63, 3.8) is 0 Å². The Morgan fingerprint density at radius 1 is 1.26 bits per heavy atom. The summed E-state index contributed by atoms with van der Waals surface area (Å²) in [5.74, 6) is -0.564. The topological polar surface area (TPSA) is 101 Å². The lowest BCUT2D eigenvalue weighted by atomic mass is 10.1. The van der Waals surface area contributed by atoms with Gasteiger partial charge in [-0.3, -0.25) is 9.78 Å². The highest BCUT2D eigenvalue weighted by Crippen LogP contribution is 2.29. The zero-order chi connectivity index (χ0) is 19.6. The maximum Gasteiger partial charge on any atom is 0.343 e. The SMILES string of the molecule is C=CCNC(=O)/C(C#N)=C/c1ccc(OC(=O)c2ccncc2)c(OC)c1. The van der Waals surface area contributed by atoms with E-state index < -0.39 is 11.9 Å². The Balaban J connectivity index is 2.24. The van der Waals surface area contributed by atoms with Gasteiger partial charge in [0.05, 0.1) is 12.7 Å². The van der Waals surface area contributed by atoms with Gasteiger partial charge in [-0.1, -0.05) is 12.1 Å². The third-order valence-electron chi connectivity index (χ3n) is 3.39. The lowest BCUT2D eigenvalue weighted by Gasteiger charge is -2.10. The molecule has 0 aliphatic carbocycles. The number of methoxy groups -OCH3 is 1. The first-order valence-corrected chi connectivity index (χ1v) is 7.90. The molecule has 0 saturated carbocycles. The Morgan fingerprint density at radius 3 is 2.63 bits per heavy atom. The van der Waals surface area contributed by atoms with Gasteiger partial charge in [-0.05, 0) is 35.9 Å². The molecule has 0 aliphatic rings. The number of rotatable bonds is 7. The minimum absolute atomic E-state index is 0.0690. The van der Waals surface area contributed by atoms with Crippen LogP contribution in [0.2, 0.25) is 0 Å². The fourth-order valence-corrected chi connectivity index (χ4v) is 2.08. The Bertz CT molecular complexity index is 915. The maximum atomic E-state index is 12.2. The van der Waals surface area contributed by atoms with Crippen LogP contribution in [0.3, 0.4) is 0 Å². The summed E-state index contributed by atoms with van der Waals surface area (Å²) < 4.78 is 10.6. The summed E-state index contributed by atoms with van der Waals surface area (Å²) in [7, 11) is 1.43. The molecular weight excluding hydrogens is 346 g/mol. The van der Waals surface area contributed by atoms with Crippen LogP contribution in [0.5, 0.6) is 11.5 Å². The van der Waals surface area contributed by atoms with Crippen LogP contribution >= 0.6 is 0 Å². The molecule has 0 aliphatic heterocycles. The van der Waals surface area contributed by atoms with Crippen LogP contribution in [0, 0.1) is 11.3 Å². The zero-order valence-corrected chi connectivity index (χ0v) is 14.6. The van der Waals surface area contributed by atoms with Crippen molar-refractivity contribution in [2.24, 2.45) is 0 Å². The van der Waals surface area contributed by atoms with Crippen molar-refractivity contribution in [3.8, 4) is 17.6 Å². The molecule has 0 radical (unpaired) electrons. The molecule has 0 unspecified atom stereocenters. The lowest BCUT2D eigenvalue weighted by molar-refractivity contribution is -0.116. The van der Waals surface area contributed by atoms with Crippen LogP contribution in [0.25, 0.3) is 6.08 Å². The van der Waals surface area contributed by atoms with Crippen molar-refractivity contribution in [1.29, 1.82) is 5.26 Å². The molecule has 7 nitrogen and oxygen atoms in total. The summed E-state index contributed by atoms with van der Waals surface area (Å²) in [6.45, 7) is 3.76. The summed E-state index contributed by atoms with van der Waals surface area (Å²) in [4.78, 5) is 27.9. The monoisotopic (exact) mass is 363 g/mol. The van der Waals surface area contributed by atoms with Crippen LogP contribution in [0.1, 0.15) is 15.9 Å². The van der Waals surface area contributed by atoms with Crippen LogP contribution in [0.15, 0.2) is 61.0 Å². The second-order valence-electron chi connectivity index (χ2n) is 5.20. The highest BCUT2D eigenvalue weighted by molar-refractivity contribution is 6.01. The van der Waals surface area contributed by atoms with Crippen molar-refractivity contribution in [2.75, 3.05) is 13.7 Å². The fraction of sp³-hybridized carbons (Fsp3) is 0.100. The largest absolute Gasteiger partial charge is 0.493 e. The van der Waals surface area contributed by atoms with Gasteiger partial charge in [0.2, 0.25) is 0 Å². The van der Waals surface area contributed by atoms with Crippen molar-refractivity contribution < 1.29 is 19.1 Å². The molecule has 2 rings (SSSR count). The highest BCUT2D eigenvalue weighted by Gasteiger charge is 2.13. The number of nitrogens with one attached hydrogen (secondary N) is 1. The number of aromatic nitrogens is 1. The Kier molecular flexibility index (Phi) is 6.85. The van der Waals surface area contributed by atoms with Crippen LogP contribution in [0.4, 0.5) is 0 Å². The molecule has 7 heteroatoms. The predicted molar refractivity (Wildman–Crippen MR) is 99.0 cm³/mol. The van der Waals surface area contributed by atoms with Crippen LogP contribution < -0.4 is 14.8 Å². The molecule has 2 aromatic rings. The summed E-state index contributed by atoms with van der Waals surface area (Å²) in [5, 5.41) is 11.7. The Labute approximate surface area is 156 Å². The average Bonchev–Trinajstić information content (AvgIpc) is 2.71. The number of amides is 1. The summed E-state index contributed by atoms with van der Waals surface area (Å²) >= 11 is 0. The molecule has 0 bridgehead atoms. The quantitative estimate of drug-likeness (QED) is 0.267. The number of esters is 1. The second kappa shape index (κ2) is 9.53. The number of nitriles is 1. The number of hydrogen-bond donors (Lipinski definition) is 1. The first-order chi connectivity index (χ1) is 13.1. The van der Waals surface area contributed by atoms with E-state index in [9.17, 15) is 14.9 Å². The van der Waals surface area contributed by atoms with Crippen LogP contribution in [-0.2, 0) is 4.79 Å². The molecule has 136 valence electrons. The lowest BCUT2D eigenvalue weighted by Crippen LogP contribution is -2.24. The van der Waals surface area contributed by atoms with E-state index in [1.54, 1.807) is 12.1 Å². The Hall–Kier alpha value is -3.92. The fourth-order valence-electron chi connectivity index (χ4n) is 2.08. The molecule has 1 heterocycles. The van der Waals surface area contributed by atoms with E-state index in [0.717, 1.165) is 0 Å². The molecule has 1 amide bonds. The van der Waals surface area contributed by atoms with E-state index >= 15 is 0 Å². The molecule has 1 aromatic heterocycles. The van der Waals surface area contributed by atoms with Gasteiger partial charge < -0.3 is 14.8 Å². The van der Waals surface area contributed by atoms with E-state index in [0.29, 0.717) is 11.1 Å². The third kappa shape index (κ3) is 5.28. The smallest absolute Gasteiger partial charge is 0.343 e. The average molecular weight is 363 g/mol. The molecule has 1 N–H and O–H groups in total. The van der Waals surface area contributed by atoms with Crippen molar-refractivity contribution in [3.05, 3.63) is 72.1 Å². The molecule has 1 aromatic carbocycles. The highest BCUT2D eigenvalue weighted by atomic mass is 16.6. The van der Waals surface area contributed by atoms with Gasteiger partial charge >= 0.3 is 5.97 Å². The number of carbonyl (C=O) groups is 2. The van der Waals surface area contributed by atoms with Crippen molar-refractivity contribution in [1.82, 2.24) is 10.3 Å². The second-order valence-corrected chi connectivity index (χ2v) is 5.20. The van der Waals surface area contributed by atoms with E-state index in [2.05, 4.69) is 16.9 Å².